The summed E-state index contributed by atoms with van der Waals surface area (Å²) in [6, 6.07) is 0. The molecule has 0 aliphatic heterocycles. The third-order valence-electron chi connectivity index (χ3n) is 2.69. The van der Waals surface area contributed by atoms with Crippen molar-refractivity contribution in [2.45, 2.75) is 20.4 Å². The van der Waals surface area contributed by atoms with Crippen molar-refractivity contribution in [2.75, 3.05) is 5.73 Å². The maximum Gasteiger partial charge on any atom is 0.307 e. The number of hydrogen-bond acceptors (Lipinski definition) is 4. The van der Waals surface area contributed by atoms with Crippen LogP contribution in [0.3, 0.4) is 0 Å². The maximum atomic E-state index is 11.6. The number of rotatable bonds is 2. The molecule has 0 fully saturated rings. The minimum Gasteiger partial charge on any atom is -0.384 e. The second kappa shape index (κ2) is 3.79. The number of hydrogen-bond donors (Lipinski definition) is 1. The van der Waals surface area contributed by atoms with Gasteiger partial charge in [-0.15, -0.1) is 0 Å². The number of nitrogens with two attached hydrogens (primary N) is 1. The number of anilines is 1. The van der Waals surface area contributed by atoms with Crippen molar-refractivity contribution in [3.8, 4) is 0 Å². The van der Waals surface area contributed by atoms with Gasteiger partial charge >= 0.3 is 4.87 Å². The second-order valence-electron chi connectivity index (χ2n) is 3.80. The Morgan fingerprint density at radius 1 is 1.50 bits per heavy atom. The maximum absolute atomic E-state index is 11.6. The molecule has 5 nitrogen and oxygen atoms in total. The molecule has 16 heavy (non-hydrogen) atoms. The van der Waals surface area contributed by atoms with Gasteiger partial charge in [0.25, 0.3) is 0 Å². The van der Waals surface area contributed by atoms with E-state index >= 15 is 0 Å². The molecule has 6 heteroatoms. The lowest BCUT2D eigenvalue weighted by Crippen LogP contribution is -2.16. The Morgan fingerprint density at radius 3 is 2.62 bits per heavy atom. The number of nitrogens with zero attached hydrogens (tertiary/aromatic N) is 3. The summed E-state index contributed by atoms with van der Waals surface area (Å²) >= 11 is 1.21. The van der Waals surface area contributed by atoms with E-state index in [2.05, 4.69) is 5.10 Å². The molecule has 0 amide bonds. The van der Waals surface area contributed by atoms with Gasteiger partial charge in [-0.3, -0.25) is 14.0 Å². The highest BCUT2D eigenvalue weighted by Crippen LogP contribution is 2.16. The molecule has 0 saturated carbocycles. The first kappa shape index (κ1) is 10.9. The van der Waals surface area contributed by atoms with Crippen LogP contribution in [0.15, 0.2) is 10.2 Å². The third-order valence-corrected chi connectivity index (χ3v) is 3.57. The Hall–Kier alpha value is -1.56. The largest absolute Gasteiger partial charge is 0.384 e. The molecule has 0 radical (unpaired) electrons. The molecule has 0 spiro atoms. The van der Waals surface area contributed by atoms with Gasteiger partial charge in [-0.2, -0.15) is 5.10 Å². The summed E-state index contributed by atoms with van der Waals surface area (Å²) in [5.41, 5.74) is 8.66. The molecular formula is C10H14N4OS. The van der Waals surface area contributed by atoms with Gasteiger partial charge in [-0.05, 0) is 13.8 Å². The van der Waals surface area contributed by atoms with E-state index in [9.17, 15) is 4.79 Å². The lowest BCUT2D eigenvalue weighted by Gasteiger charge is -2.04. The monoisotopic (exact) mass is 238 g/mol. The minimum absolute atomic E-state index is 0.0418. The summed E-state index contributed by atoms with van der Waals surface area (Å²) in [7, 11) is 1.80. The summed E-state index contributed by atoms with van der Waals surface area (Å²) in [5, 5.41) is 6.08. The van der Waals surface area contributed by atoms with Crippen molar-refractivity contribution in [2.24, 2.45) is 7.05 Å². The molecular weight excluding hydrogens is 224 g/mol. The molecule has 2 aromatic heterocycles. The molecule has 86 valence electrons. The van der Waals surface area contributed by atoms with Crippen molar-refractivity contribution in [3.63, 3.8) is 0 Å². The number of nitrogen functional groups attached to an aromatic ring is 1. The van der Waals surface area contributed by atoms with Gasteiger partial charge in [-0.25, -0.2) is 0 Å². The van der Waals surface area contributed by atoms with E-state index in [1.54, 1.807) is 16.3 Å². The average molecular weight is 238 g/mol. The van der Waals surface area contributed by atoms with Gasteiger partial charge < -0.3 is 5.73 Å². The fourth-order valence-electron chi connectivity index (χ4n) is 1.67. The van der Waals surface area contributed by atoms with E-state index in [0.717, 1.165) is 17.0 Å². The third kappa shape index (κ3) is 1.65. The zero-order chi connectivity index (χ0) is 11.9. The summed E-state index contributed by atoms with van der Waals surface area (Å²) in [4.78, 5) is 11.6. The Bertz CT molecular complexity index is 578. The molecule has 0 bridgehead atoms. The van der Waals surface area contributed by atoms with E-state index in [0.29, 0.717) is 12.4 Å². The Kier molecular flexibility index (Phi) is 2.59. The van der Waals surface area contributed by atoms with Gasteiger partial charge in [0.05, 0.1) is 12.2 Å². The van der Waals surface area contributed by atoms with Crippen LogP contribution in [0.2, 0.25) is 0 Å². The van der Waals surface area contributed by atoms with E-state index < -0.39 is 0 Å². The molecule has 0 unspecified atom stereocenters. The highest BCUT2D eigenvalue weighted by atomic mass is 32.1. The van der Waals surface area contributed by atoms with Crippen molar-refractivity contribution in [1.82, 2.24) is 14.3 Å². The van der Waals surface area contributed by atoms with E-state index in [-0.39, 0.29) is 4.87 Å². The number of aromatic nitrogens is 3. The highest BCUT2D eigenvalue weighted by molar-refractivity contribution is 7.07. The van der Waals surface area contributed by atoms with Crippen molar-refractivity contribution >= 4 is 17.2 Å². The summed E-state index contributed by atoms with van der Waals surface area (Å²) in [6.07, 6.45) is 0. The molecule has 0 aliphatic rings. The lowest BCUT2D eigenvalue weighted by atomic mass is 10.2. The smallest absolute Gasteiger partial charge is 0.307 e. The van der Waals surface area contributed by atoms with E-state index in [1.807, 2.05) is 19.2 Å². The normalized spacial score (nSPS) is 10.9. The number of aryl methyl sites for hydroxylation is 3. The zero-order valence-electron chi connectivity index (χ0n) is 9.52. The van der Waals surface area contributed by atoms with Gasteiger partial charge in [0.15, 0.2) is 0 Å². The Balaban J connectivity index is 2.45. The molecule has 2 rings (SSSR count). The second-order valence-corrected chi connectivity index (χ2v) is 4.62. The van der Waals surface area contributed by atoms with E-state index in [1.165, 1.54) is 11.3 Å². The predicted molar refractivity (Wildman–Crippen MR) is 64.8 cm³/mol. The van der Waals surface area contributed by atoms with Crippen molar-refractivity contribution < 1.29 is 0 Å². The summed E-state index contributed by atoms with van der Waals surface area (Å²) in [5.74, 6) is 0.620. The van der Waals surface area contributed by atoms with Gasteiger partial charge in [0.2, 0.25) is 0 Å². The highest BCUT2D eigenvalue weighted by Gasteiger charge is 2.12. The van der Waals surface area contributed by atoms with Crippen LogP contribution in [-0.2, 0) is 13.6 Å². The van der Waals surface area contributed by atoms with Crippen molar-refractivity contribution in [3.05, 3.63) is 32.0 Å². The van der Waals surface area contributed by atoms with Crippen molar-refractivity contribution in [1.29, 1.82) is 0 Å². The molecule has 0 aromatic carbocycles. The van der Waals surface area contributed by atoms with Crippen LogP contribution in [0.25, 0.3) is 0 Å². The average Bonchev–Trinajstić information content (AvgIpc) is 2.65. The first-order valence-corrected chi connectivity index (χ1v) is 5.81. The lowest BCUT2D eigenvalue weighted by molar-refractivity contribution is 0.752. The van der Waals surface area contributed by atoms with Gasteiger partial charge in [-0.1, -0.05) is 11.3 Å². The van der Waals surface area contributed by atoms with Crippen LogP contribution in [0.4, 0.5) is 5.82 Å². The molecule has 2 heterocycles. The molecule has 0 atom stereocenters. The molecule has 2 N–H and O–H groups in total. The van der Waals surface area contributed by atoms with Crippen LogP contribution in [0.5, 0.6) is 0 Å². The molecule has 0 saturated heterocycles. The van der Waals surface area contributed by atoms with Crippen LogP contribution in [-0.4, -0.2) is 14.3 Å². The van der Waals surface area contributed by atoms with Crippen LogP contribution in [0.1, 0.15) is 17.0 Å². The SMILES string of the molecule is Cc1nn(C)c(N)c1Cn1c(C)csc1=O. The topological polar surface area (TPSA) is 65.8 Å². The standard InChI is InChI=1S/C10H14N4OS/c1-6-5-16-10(15)14(6)4-8-7(2)12-13(3)9(8)11/h5H,4,11H2,1-3H3. The fourth-order valence-corrected chi connectivity index (χ4v) is 2.40. The number of thiazole rings is 1. The Morgan fingerprint density at radius 2 is 2.19 bits per heavy atom. The molecule has 0 aliphatic carbocycles. The van der Waals surface area contributed by atoms with Gasteiger partial charge in [0.1, 0.15) is 5.82 Å². The summed E-state index contributed by atoms with van der Waals surface area (Å²) < 4.78 is 3.35. The zero-order valence-corrected chi connectivity index (χ0v) is 10.3. The Labute approximate surface area is 97.1 Å². The fraction of sp³-hybridized carbons (Fsp3) is 0.400. The van der Waals surface area contributed by atoms with Gasteiger partial charge in [0, 0.05) is 23.7 Å². The molecule has 2 aromatic rings. The van der Waals surface area contributed by atoms with Crippen LogP contribution in [0, 0.1) is 13.8 Å². The quantitative estimate of drug-likeness (QED) is 0.845. The predicted octanol–water partition coefficient (Wildman–Crippen LogP) is 0.891. The summed E-state index contributed by atoms with van der Waals surface area (Å²) in [6.45, 7) is 4.32. The van der Waals surface area contributed by atoms with E-state index in [4.69, 9.17) is 5.73 Å². The first-order chi connectivity index (χ1) is 7.50. The van der Waals surface area contributed by atoms with Crippen LogP contribution >= 0.6 is 11.3 Å². The van der Waals surface area contributed by atoms with Crippen LogP contribution < -0.4 is 10.6 Å². The first-order valence-electron chi connectivity index (χ1n) is 4.93. The minimum atomic E-state index is 0.0418.